The van der Waals surface area contributed by atoms with Crippen molar-refractivity contribution in [3.8, 4) is 0 Å². The van der Waals surface area contributed by atoms with Crippen molar-refractivity contribution >= 4 is 35.7 Å². The number of nitrogens with one attached hydrogen (secondary N) is 1. The molecule has 0 aromatic carbocycles. The zero-order chi connectivity index (χ0) is 12.4. The van der Waals surface area contributed by atoms with Gasteiger partial charge in [-0.1, -0.05) is 19.1 Å². The highest BCUT2D eigenvalue weighted by atomic mass is 32.2. The number of rotatable bonds is 2. The highest BCUT2D eigenvalue weighted by Gasteiger charge is 2.28. The van der Waals surface area contributed by atoms with Gasteiger partial charge in [-0.25, -0.2) is 4.98 Å². The van der Waals surface area contributed by atoms with Crippen molar-refractivity contribution in [3.63, 3.8) is 0 Å². The maximum atomic E-state index is 5.33. The zero-order valence-electron chi connectivity index (χ0n) is 10.4. The van der Waals surface area contributed by atoms with E-state index in [4.69, 9.17) is 12.2 Å². The summed E-state index contributed by atoms with van der Waals surface area (Å²) in [5.41, 5.74) is 2.26. The molecule has 0 spiro atoms. The third-order valence-electron chi connectivity index (χ3n) is 3.14. The van der Waals surface area contributed by atoms with Crippen LogP contribution in [0, 0.1) is 18.5 Å². The fourth-order valence-electron chi connectivity index (χ4n) is 1.96. The Morgan fingerprint density at radius 1 is 1.35 bits per heavy atom. The second-order valence-corrected chi connectivity index (χ2v) is 7.27. The smallest absolute Gasteiger partial charge is 0.132 e. The van der Waals surface area contributed by atoms with Crippen molar-refractivity contribution in [2.75, 3.05) is 11.5 Å². The van der Waals surface area contributed by atoms with Crippen molar-refractivity contribution in [1.29, 1.82) is 0 Å². The van der Waals surface area contributed by atoms with E-state index in [1.807, 2.05) is 18.7 Å². The van der Waals surface area contributed by atoms with Gasteiger partial charge < -0.3 is 4.98 Å². The van der Waals surface area contributed by atoms with Crippen LogP contribution in [0.4, 0.5) is 0 Å². The normalized spacial score (nSPS) is 24.9. The van der Waals surface area contributed by atoms with Gasteiger partial charge in [-0.15, -0.1) is 11.8 Å². The van der Waals surface area contributed by atoms with Crippen LogP contribution in [0.5, 0.6) is 0 Å². The first-order valence-electron chi connectivity index (χ1n) is 5.94. The van der Waals surface area contributed by atoms with Gasteiger partial charge in [-0.05, 0) is 20.3 Å². The summed E-state index contributed by atoms with van der Waals surface area (Å²) in [7, 11) is 0. The van der Waals surface area contributed by atoms with Gasteiger partial charge in [0.2, 0.25) is 0 Å². The molecule has 1 fully saturated rings. The summed E-state index contributed by atoms with van der Waals surface area (Å²) < 4.78 is 0.752. The summed E-state index contributed by atoms with van der Waals surface area (Å²) in [5.74, 6) is 3.54. The Bertz CT molecular complexity index is 456. The number of nitrogens with zero attached hydrogens (tertiary/aromatic N) is 1. The summed E-state index contributed by atoms with van der Waals surface area (Å²) in [5, 5.41) is 1.13. The molecular weight excluding hydrogens is 268 g/mol. The fraction of sp³-hybridized carbons (Fsp3) is 0.667. The van der Waals surface area contributed by atoms with E-state index in [9.17, 15) is 0 Å². The minimum Gasteiger partial charge on any atom is -0.346 e. The third kappa shape index (κ3) is 2.88. The lowest BCUT2D eigenvalue weighted by Crippen LogP contribution is -2.21. The van der Waals surface area contributed by atoms with E-state index in [-0.39, 0.29) is 0 Å². The van der Waals surface area contributed by atoms with Gasteiger partial charge in [-0.2, -0.15) is 11.8 Å². The number of thioether (sulfide) groups is 2. The highest BCUT2D eigenvalue weighted by Crippen LogP contribution is 2.42. The molecule has 1 aliphatic heterocycles. The van der Waals surface area contributed by atoms with Crippen LogP contribution in [0.15, 0.2) is 0 Å². The van der Waals surface area contributed by atoms with Crippen LogP contribution in [-0.4, -0.2) is 26.7 Å². The molecule has 94 valence electrons. The number of aromatic nitrogens is 2. The third-order valence-corrected chi connectivity index (χ3v) is 6.80. The average molecular weight is 286 g/mol. The van der Waals surface area contributed by atoms with Crippen LogP contribution in [0.2, 0.25) is 0 Å². The Hall–Kier alpha value is -0.0000000000000000555. The topological polar surface area (TPSA) is 28.7 Å². The summed E-state index contributed by atoms with van der Waals surface area (Å²) >= 11 is 9.40. The first kappa shape index (κ1) is 13.4. The van der Waals surface area contributed by atoms with Crippen LogP contribution in [0.3, 0.4) is 0 Å². The molecule has 1 N–H and O–H groups in total. The molecule has 2 rings (SSSR count). The van der Waals surface area contributed by atoms with Crippen LogP contribution in [0.25, 0.3) is 0 Å². The molecule has 2 atom stereocenters. The summed E-state index contributed by atoms with van der Waals surface area (Å²) in [6.07, 6.45) is 1.19. The first-order chi connectivity index (χ1) is 8.13. The van der Waals surface area contributed by atoms with Crippen LogP contribution in [-0.2, 0) is 0 Å². The fourth-order valence-corrected chi connectivity index (χ4v) is 5.22. The van der Waals surface area contributed by atoms with Gasteiger partial charge in [0.1, 0.15) is 10.5 Å². The van der Waals surface area contributed by atoms with E-state index < -0.39 is 0 Å². The number of hydrogen-bond donors (Lipinski definition) is 1. The van der Waals surface area contributed by atoms with Crippen molar-refractivity contribution in [2.45, 2.75) is 37.7 Å². The Morgan fingerprint density at radius 3 is 2.71 bits per heavy atom. The van der Waals surface area contributed by atoms with E-state index in [1.54, 1.807) is 0 Å². The van der Waals surface area contributed by atoms with Gasteiger partial charge in [0, 0.05) is 28.0 Å². The van der Waals surface area contributed by atoms with Crippen molar-refractivity contribution < 1.29 is 0 Å². The van der Waals surface area contributed by atoms with E-state index in [1.165, 1.54) is 17.9 Å². The lowest BCUT2D eigenvalue weighted by Gasteiger charge is -2.29. The van der Waals surface area contributed by atoms with Gasteiger partial charge in [0.05, 0.1) is 5.25 Å². The molecule has 0 amide bonds. The van der Waals surface area contributed by atoms with E-state index in [0.717, 1.165) is 21.7 Å². The Kier molecular flexibility index (Phi) is 4.55. The number of aromatic amines is 1. The maximum absolute atomic E-state index is 5.33. The minimum absolute atomic E-state index is 0.472. The Labute approximate surface area is 116 Å². The number of hydrogen-bond acceptors (Lipinski definition) is 4. The number of H-pyrrole nitrogens is 1. The standard InChI is InChI=1S/C12H18N2S3/c1-4-9-10(17-6-5-16-9)11-13-8(3)7(2)12(15)14-11/h9-10H,4-6H2,1-3H3,(H,13,14,15). The predicted molar refractivity (Wildman–Crippen MR) is 80.6 cm³/mol. The lowest BCUT2D eigenvalue weighted by molar-refractivity contribution is 0.741. The molecule has 2 nitrogen and oxygen atoms in total. The molecule has 1 aliphatic rings. The molecule has 5 heteroatoms. The predicted octanol–water partition coefficient (Wildman–Crippen LogP) is 4.06. The van der Waals surface area contributed by atoms with Crippen molar-refractivity contribution in [2.24, 2.45) is 0 Å². The molecular formula is C12H18N2S3. The van der Waals surface area contributed by atoms with Gasteiger partial charge in [0.25, 0.3) is 0 Å². The van der Waals surface area contributed by atoms with Gasteiger partial charge in [0.15, 0.2) is 0 Å². The van der Waals surface area contributed by atoms with Crippen molar-refractivity contribution in [1.82, 2.24) is 9.97 Å². The Balaban J connectivity index is 2.35. The SMILES string of the molecule is CCC1SCCSC1c1nc(=S)c(C)c(C)[nH]1. The van der Waals surface area contributed by atoms with E-state index >= 15 is 0 Å². The summed E-state index contributed by atoms with van der Waals surface area (Å²) in [6, 6.07) is 0. The van der Waals surface area contributed by atoms with Crippen LogP contribution < -0.4 is 0 Å². The Morgan fingerprint density at radius 2 is 2.06 bits per heavy atom. The lowest BCUT2D eigenvalue weighted by atomic mass is 10.2. The summed E-state index contributed by atoms with van der Waals surface area (Å²) in [4.78, 5) is 8.02. The van der Waals surface area contributed by atoms with Crippen LogP contribution >= 0.6 is 35.7 Å². The quantitative estimate of drug-likeness (QED) is 0.830. The molecule has 1 aromatic heterocycles. The molecule has 0 radical (unpaired) electrons. The molecule has 0 bridgehead atoms. The molecule has 1 saturated heterocycles. The van der Waals surface area contributed by atoms with E-state index in [0.29, 0.717) is 10.5 Å². The number of aryl methyl sites for hydroxylation is 1. The minimum atomic E-state index is 0.472. The molecule has 0 aliphatic carbocycles. The van der Waals surface area contributed by atoms with Crippen molar-refractivity contribution in [3.05, 3.63) is 21.7 Å². The van der Waals surface area contributed by atoms with Gasteiger partial charge >= 0.3 is 0 Å². The highest BCUT2D eigenvalue weighted by molar-refractivity contribution is 8.06. The second-order valence-electron chi connectivity index (χ2n) is 4.29. The molecule has 2 unspecified atom stereocenters. The maximum Gasteiger partial charge on any atom is 0.132 e. The summed E-state index contributed by atoms with van der Waals surface area (Å²) in [6.45, 7) is 6.37. The first-order valence-corrected chi connectivity index (χ1v) is 8.44. The molecule has 2 heterocycles. The zero-order valence-corrected chi connectivity index (χ0v) is 12.9. The van der Waals surface area contributed by atoms with Crippen LogP contribution in [0.1, 0.15) is 35.7 Å². The molecule has 0 saturated carbocycles. The molecule has 1 aromatic rings. The van der Waals surface area contributed by atoms with E-state index in [2.05, 4.69) is 35.6 Å². The second kappa shape index (κ2) is 5.76. The van der Waals surface area contributed by atoms with Gasteiger partial charge in [-0.3, -0.25) is 0 Å². The largest absolute Gasteiger partial charge is 0.346 e. The molecule has 17 heavy (non-hydrogen) atoms. The average Bonchev–Trinajstić information content (AvgIpc) is 2.35. The monoisotopic (exact) mass is 286 g/mol.